The summed E-state index contributed by atoms with van der Waals surface area (Å²) >= 11 is 1.33. The number of furan rings is 1. The highest BCUT2D eigenvalue weighted by atomic mass is 32.1. The summed E-state index contributed by atoms with van der Waals surface area (Å²) < 4.78 is 7.88. The number of para-hydroxylation sites is 1. The SMILES string of the molecule is O=C(NCc1ccc(/C=c2/sc3n(c2=O)CCCN=3)o1)C(=O)Nc1ccccc1. The van der Waals surface area contributed by atoms with Gasteiger partial charge in [-0.3, -0.25) is 23.9 Å². The number of anilines is 1. The van der Waals surface area contributed by atoms with Crippen molar-refractivity contribution in [1.29, 1.82) is 0 Å². The van der Waals surface area contributed by atoms with E-state index in [0.717, 1.165) is 17.8 Å². The summed E-state index contributed by atoms with van der Waals surface area (Å²) in [4.78, 5) is 41.4. The molecule has 3 aromatic rings. The van der Waals surface area contributed by atoms with Crippen LogP contribution in [0.4, 0.5) is 5.69 Å². The number of carbonyl (C=O) groups is 2. The lowest BCUT2D eigenvalue weighted by atomic mass is 10.3. The maximum absolute atomic E-state index is 12.4. The van der Waals surface area contributed by atoms with Crippen LogP contribution in [0.3, 0.4) is 0 Å². The summed E-state index contributed by atoms with van der Waals surface area (Å²) in [5.41, 5.74) is 0.469. The van der Waals surface area contributed by atoms with Crippen LogP contribution >= 0.6 is 11.3 Å². The maximum atomic E-state index is 12.4. The van der Waals surface area contributed by atoms with E-state index in [1.165, 1.54) is 11.3 Å². The van der Waals surface area contributed by atoms with Gasteiger partial charge in [-0.05, 0) is 30.7 Å². The van der Waals surface area contributed by atoms with Crippen molar-refractivity contribution in [2.45, 2.75) is 19.5 Å². The second-order valence-corrected chi connectivity index (χ2v) is 7.40. The van der Waals surface area contributed by atoms with E-state index in [1.54, 1.807) is 47.0 Å². The third-order valence-electron chi connectivity index (χ3n) is 4.29. The number of fused-ring (bicyclic) bond motifs is 1. The number of nitrogens with zero attached hydrogens (tertiary/aromatic N) is 2. The van der Waals surface area contributed by atoms with Gasteiger partial charge in [-0.2, -0.15) is 0 Å². The van der Waals surface area contributed by atoms with Crippen molar-refractivity contribution in [3.05, 3.63) is 73.7 Å². The zero-order valence-electron chi connectivity index (χ0n) is 15.4. The molecule has 0 fully saturated rings. The Kier molecular flexibility index (Phi) is 5.39. The second kappa shape index (κ2) is 8.27. The fourth-order valence-corrected chi connectivity index (χ4v) is 3.89. The molecule has 2 N–H and O–H groups in total. The molecule has 0 bridgehead atoms. The van der Waals surface area contributed by atoms with Crippen molar-refractivity contribution in [3.63, 3.8) is 0 Å². The van der Waals surface area contributed by atoms with E-state index in [2.05, 4.69) is 15.6 Å². The normalized spacial score (nSPS) is 13.4. The van der Waals surface area contributed by atoms with Crippen LogP contribution in [-0.4, -0.2) is 22.9 Å². The van der Waals surface area contributed by atoms with Crippen molar-refractivity contribution < 1.29 is 14.0 Å². The van der Waals surface area contributed by atoms with Gasteiger partial charge in [0.15, 0.2) is 4.80 Å². The molecule has 148 valence electrons. The largest absolute Gasteiger partial charge is 0.460 e. The molecule has 1 aliphatic heterocycles. The van der Waals surface area contributed by atoms with Crippen molar-refractivity contribution in [1.82, 2.24) is 9.88 Å². The number of thiazole rings is 1. The molecule has 4 rings (SSSR count). The summed E-state index contributed by atoms with van der Waals surface area (Å²) in [7, 11) is 0. The number of benzene rings is 1. The maximum Gasteiger partial charge on any atom is 0.313 e. The molecule has 1 aromatic carbocycles. The minimum absolute atomic E-state index is 0.0597. The van der Waals surface area contributed by atoms with Gasteiger partial charge < -0.3 is 15.1 Å². The molecule has 2 aromatic heterocycles. The van der Waals surface area contributed by atoms with Crippen LogP contribution in [0.5, 0.6) is 0 Å². The number of rotatable bonds is 4. The molecule has 0 atom stereocenters. The molecule has 8 nitrogen and oxygen atoms in total. The zero-order chi connectivity index (χ0) is 20.2. The quantitative estimate of drug-likeness (QED) is 0.615. The van der Waals surface area contributed by atoms with E-state index < -0.39 is 11.8 Å². The minimum Gasteiger partial charge on any atom is -0.460 e. The highest BCUT2D eigenvalue weighted by Gasteiger charge is 2.14. The Labute approximate surface area is 169 Å². The van der Waals surface area contributed by atoms with Gasteiger partial charge in [-0.1, -0.05) is 29.5 Å². The topological polar surface area (TPSA) is 106 Å². The average molecular weight is 410 g/mol. The van der Waals surface area contributed by atoms with Crippen molar-refractivity contribution in [2.75, 3.05) is 11.9 Å². The Balaban J connectivity index is 1.40. The van der Waals surface area contributed by atoms with Gasteiger partial charge in [0.25, 0.3) is 5.56 Å². The van der Waals surface area contributed by atoms with E-state index in [0.29, 0.717) is 28.3 Å². The van der Waals surface area contributed by atoms with E-state index in [9.17, 15) is 14.4 Å². The molecule has 0 aliphatic carbocycles. The molecule has 0 unspecified atom stereocenters. The van der Waals surface area contributed by atoms with Gasteiger partial charge in [0.1, 0.15) is 11.5 Å². The lowest BCUT2D eigenvalue weighted by Crippen LogP contribution is -2.34. The predicted octanol–water partition coefficient (Wildman–Crippen LogP) is 0.610. The summed E-state index contributed by atoms with van der Waals surface area (Å²) in [6, 6.07) is 12.1. The highest BCUT2D eigenvalue weighted by Crippen LogP contribution is 2.09. The van der Waals surface area contributed by atoms with Crippen LogP contribution in [0.2, 0.25) is 0 Å². The molecule has 3 heterocycles. The summed E-state index contributed by atoms with van der Waals surface area (Å²) in [6.45, 7) is 1.48. The zero-order valence-corrected chi connectivity index (χ0v) is 16.2. The van der Waals surface area contributed by atoms with E-state index in [-0.39, 0.29) is 12.1 Å². The van der Waals surface area contributed by atoms with Crippen LogP contribution in [-0.2, 0) is 22.7 Å². The van der Waals surface area contributed by atoms with E-state index in [1.807, 2.05) is 6.07 Å². The van der Waals surface area contributed by atoms with Crippen molar-refractivity contribution in [3.8, 4) is 0 Å². The standard InChI is InChI=1S/C20H18N4O4S/c25-17(18(26)23-13-5-2-1-3-6-13)22-12-15-8-7-14(28-15)11-16-19(27)24-10-4-9-21-20(24)29-16/h1-3,5-8,11H,4,9-10,12H2,(H,22,25)(H,23,26)/b16-11+. The van der Waals surface area contributed by atoms with Crippen LogP contribution < -0.4 is 25.5 Å². The highest BCUT2D eigenvalue weighted by molar-refractivity contribution is 7.07. The Bertz CT molecular complexity index is 1220. The molecule has 0 saturated heterocycles. The molecule has 0 spiro atoms. The monoisotopic (exact) mass is 410 g/mol. The van der Waals surface area contributed by atoms with Crippen LogP contribution in [0.25, 0.3) is 6.08 Å². The van der Waals surface area contributed by atoms with Gasteiger partial charge in [0, 0.05) is 24.9 Å². The predicted molar refractivity (Wildman–Crippen MR) is 108 cm³/mol. The van der Waals surface area contributed by atoms with Gasteiger partial charge in [0.05, 0.1) is 11.1 Å². The number of hydrogen-bond donors (Lipinski definition) is 2. The summed E-state index contributed by atoms with van der Waals surface area (Å²) in [6.07, 6.45) is 2.53. The van der Waals surface area contributed by atoms with Gasteiger partial charge in [0.2, 0.25) is 0 Å². The average Bonchev–Trinajstić information content (AvgIpc) is 3.32. The van der Waals surface area contributed by atoms with Crippen LogP contribution in [0, 0.1) is 0 Å². The number of carbonyl (C=O) groups excluding carboxylic acids is 2. The summed E-state index contributed by atoms with van der Waals surface area (Å²) in [5, 5.41) is 5.02. The van der Waals surface area contributed by atoms with Crippen molar-refractivity contribution in [2.24, 2.45) is 4.99 Å². The second-order valence-electron chi connectivity index (χ2n) is 6.39. The lowest BCUT2D eigenvalue weighted by Gasteiger charge is -2.05. The van der Waals surface area contributed by atoms with Crippen molar-refractivity contribution >= 4 is 34.9 Å². The molecule has 0 radical (unpaired) electrons. The number of amides is 2. The number of hydrogen-bond acceptors (Lipinski definition) is 6. The minimum atomic E-state index is -0.762. The molecule has 0 saturated carbocycles. The Morgan fingerprint density at radius 3 is 2.79 bits per heavy atom. The molecular formula is C20H18N4O4S. The fraction of sp³-hybridized carbons (Fsp3) is 0.200. The first-order valence-electron chi connectivity index (χ1n) is 9.09. The smallest absolute Gasteiger partial charge is 0.313 e. The third kappa shape index (κ3) is 4.35. The third-order valence-corrected chi connectivity index (χ3v) is 5.34. The fourth-order valence-electron chi connectivity index (χ4n) is 2.88. The Hall–Kier alpha value is -3.46. The van der Waals surface area contributed by atoms with Gasteiger partial charge in [-0.15, -0.1) is 0 Å². The first-order chi connectivity index (χ1) is 14.1. The lowest BCUT2D eigenvalue weighted by molar-refractivity contribution is -0.136. The molecular weight excluding hydrogens is 392 g/mol. The first kappa shape index (κ1) is 18.9. The van der Waals surface area contributed by atoms with Crippen LogP contribution in [0.1, 0.15) is 17.9 Å². The van der Waals surface area contributed by atoms with E-state index in [4.69, 9.17) is 4.42 Å². The number of aromatic nitrogens is 1. The van der Waals surface area contributed by atoms with Crippen LogP contribution in [0.15, 0.2) is 56.7 Å². The molecule has 1 aliphatic rings. The van der Waals surface area contributed by atoms with Gasteiger partial charge >= 0.3 is 11.8 Å². The molecule has 2 amide bonds. The van der Waals surface area contributed by atoms with Gasteiger partial charge in [-0.25, -0.2) is 0 Å². The van der Waals surface area contributed by atoms with E-state index >= 15 is 0 Å². The molecule has 9 heteroatoms. The Morgan fingerprint density at radius 1 is 1.17 bits per heavy atom. The Morgan fingerprint density at radius 2 is 2.00 bits per heavy atom. The number of nitrogens with one attached hydrogen (secondary N) is 2. The molecule has 29 heavy (non-hydrogen) atoms. The summed E-state index contributed by atoms with van der Waals surface area (Å²) in [5.74, 6) is -0.542. The first-order valence-corrected chi connectivity index (χ1v) is 9.90.